The molecule has 0 fully saturated rings. The third kappa shape index (κ3) is 3.78. The minimum absolute atomic E-state index is 0.130. The maximum Gasteiger partial charge on any atom is 0.269 e. The number of nitrogens with one attached hydrogen (secondary N) is 1. The number of nitrogens with zero attached hydrogens (tertiary/aromatic N) is 1. The van der Waals surface area contributed by atoms with Crippen LogP contribution in [0, 0.1) is 17.0 Å². The lowest BCUT2D eigenvalue weighted by molar-refractivity contribution is -0.384. The summed E-state index contributed by atoms with van der Waals surface area (Å²) >= 11 is 5.16. The number of hydrogen-bond acceptors (Lipinski definition) is 4. The number of anilines is 1. The summed E-state index contributed by atoms with van der Waals surface area (Å²) in [5.41, 5.74) is 1.97. The SMILES string of the molecule is Cc1cc([N+](=O)[O-])ccc1NCCc1ccc(Br)s1. The van der Waals surface area contributed by atoms with Crippen LogP contribution < -0.4 is 5.32 Å². The fraction of sp³-hybridized carbons (Fsp3) is 0.231. The van der Waals surface area contributed by atoms with E-state index in [1.54, 1.807) is 23.5 Å². The average Bonchev–Trinajstić information content (AvgIpc) is 2.77. The minimum Gasteiger partial charge on any atom is -0.384 e. The molecule has 0 aliphatic rings. The van der Waals surface area contributed by atoms with Crippen molar-refractivity contribution in [3.63, 3.8) is 0 Å². The molecule has 1 aromatic carbocycles. The minimum atomic E-state index is -0.375. The van der Waals surface area contributed by atoms with Crippen molar-refractivity contribution in [1.29, 1.82) is 0 Å². The fourth-order valence-corrected chi connectivity index (χ4v) is 3.25. The third-order valence-corrected chi connectivity index (χ3v) is 4.42. The number of nitro benzene ring substituents is 1. The van der Waals surface area contributed by atoms with Gasteiger partial charge < -0.3 is 5.32 Å². The van der Waals surface area contributed by atoms with Crippen LogP contribution in [0.4, 0.5) is 11.4 Å². The molecule has 4 nitrogen and oxygen atoms in total. The molecule has 0 amide bonds. The number of rotatable bonds is 5. The van der Waals surface area contributed by atoms with Crippen LogP contribution in [0.25, 0.3) is 0 Å². The van der Waals surface area contributed by atoms with Gasteiger partial charge in [0, 0.05) is 29.2 Å². The van der Waals surface area contributed by atoms with E-state index in [1.807, 2.05) is 13.0 Å². The molecule has 1 heterocycles. The standard InChI is InChI=1S/C13H13BrN2O2S/c1-9-8-10(16(17)18)2-4-12(9)15-7-6-11-3-5-13(14)19-11/h2-5,8,15H,6-7H2,1H3. The van der Waals surface area contributed by atoms with Crippen molar-refractivity contribution in [2.24, 2.45) is 0 Å². The smallest absolute Gasteiger partial charge is 0.269 e. The van der Waals surface area contributed by atoms with Crippen molar-refractivity contribution in [3.05, 3.63) is 54.7 Å². The van der Waals surface area contributed by atoms with E-state index < -0.39 is 0 Å². The highest BCUT2D eigenvalue weighted by atomic mass is 79.9. The summed E-state index contributed by atoms with van der Waals surface area (Å²) in [5, 5.41) is 14.0. The number of thiophene rings is 1. The third-order valence-electron chi connectivity index (χ3n) is 2.74. The lowest BCUT2D eigenvalue weighted by atomic mass is 10.1. The molecule has 19 heavy (non-hydrogen) atoms. The van der Waals surface area contributed by atoms with E-state index in [2.05, 4.69) is 27.3 Å². The van der Waals surface area contributed by atoms with Crippen LogP contribution in [-0.4, -0.2) is 11.5 Å². The second kappa shape index (κ2) is 6.16. The molecule has 1 N–H and O–H groups in total. The average molecular weight is 341 g/mol. The molecular weight excluding hydrogens is 328 g/mol. The number of hydrogen-bond donors (Lipinski definition) is 1. The van der Waals surface area contributed by atoms with Gasteiger partial charge in [-0.3, -0.25) is 10.1 Å². The van der Waals surface area contributed by atoms with Crippen LogP contribution in [0.3, 0.4) is 0 Å². The Morgan fingerprint density at radius 2 is 2.16 bits per heavy atom. The Morgan fingerprint density at radius 1 is 1.37 bits per heavy atom. The molecule has 1 aromatic heterocycles. The Kier molecular flexibility index (Phi) is 4.55. The van der Waals surface area contributed by atoms with Gasteiger partial charge in [0.25, 0.3) is 5.69 Å². The van der Waals surface area contributed by atoms with Gasteiger partial charge in [-0.1, -0.05) is 0 Å². The Morgan fingerprint density at radius 3 is 2.74 bits per heavy atom. The first-order chi connectivity index (χ1) is 9.06. The van der Waals surface area contributed by atoms with Gasteiger partial charge in [-0.05, 0) is 53.0 Å². The first kappa shape index (κ1) is 14.0. The Balaban J connectivity index is 1.94. The summed E-state index contributed by atoms with van der Waals surface area (Å²) in [6, 6.07) is 9.01. The monoisotopic (exact) mass is 340 g/mol. The summed E-state index contributed by atoms with van der Waals surface area (Å²) in [7, 11) is 0. The Bertz CT molecular complexity index is 598. The highest BCUT2D eigenvalue weighted by molar-refractivity contribution is 9.11. The largest absolute Gasteiger partial charge is 0.384 e. The van der Waals surface area contributed by atoms with E-state index in [1.165, 1.54) is 10.9 Å². The molecule has 0 unspecified atom stereocenters. The van der Waals surface area contributed by atoms with Gasteiger partial charge in [0.15, 0.2) is 0 Å². The van der Waals surface area contributed by atoms with Gasteiger partial charge in [-0.15, -0.1) is 11.3 Å². The summed E-state index contributed by atoms with van der Waals surface area (Å²) in [5.74, 6) is 0. The fourth-order valence-electron chi connectivity index (χ4n) is 1.77. The highest BCUT2D eigenvalue weighted by Gasteiger charge is 2.07. The molecule has 0 aliphatic heterocycles. The zero-order valence-electron chi connectivity index (χ0n) is 10.4. The van der Waals surface area contributed by atoms with Gasteiger partial charge in [0.05, 0.1) is 8.71 Å². The predicted octanol–water partition coefficient (Wildman–Crippen LogP) is 4.38. The molecule has 0 atom stereocenters. The number of halogens is 1. The molecule has 100 valence electrons. The molecule has 2 aromatic rings. The van der Waals surface area contributed by atoms with Gasteiger partial charge >= 0.3 is 0 Å². The molecule has 2 rings (SSSR count). The molecule has 0 bridgehead atoms. The van der Waals surface area contributed by atoms with E-state index >= 15 is 0 Å². The summed E-state index contributed by atoms with van der Waals surface area (Å²) in [6.07, 6.45) is 0.937. The Labute approximate surface area is 123 Å². The molecule has 0 radical (unpaired) electrons. The maximum absolute atomic E-state index is 10.6. The van der Waals surface area contributed by atoms with Gasteiger partial charge in [-0.25, -0.2) is 0 Å². The highest BCUT2D eigenvalue weighted by Crippen LogP contribution is 2.23. The number of benzene rings is 1. The van der Waals surface area contributed by atoms with Crippen molar-refractivity contribution in [2.75, 3.05) is 11.9 Å². The molecule has 0 saturated heterocycles. The molecule has 0 aliphatic carbocycles. The van der Waals surface area contributed by atoms with Crippen molar-refractivity contribution in [1.82, 2.24) is 0 Å². The van der Waals surface area contributed by atoms with Crippen molar-refractivity contribution < 1.29 is 4.92 Å². The van der Waals surface area contributed by atoms with Gasteiger partial charge in [-0.2, -0.15) is 0 Å². The van der Waals surface area contributed by atoms with Crippen LogP contribution in [-0.2, 0) is 6.42 Å². The van der Waals surface area contributed by atoms with Crippen LogP contribution in [0.5, 0.6) is 0 Å². The maximum atomic E-state index is 10.6. The zero-order valence-corrected chi connectivity index (χ0v) is 12.8. The van der Waals surface area contributed by atoms with E-state index in [9.17, 15) is 10.1 Å². The molecule has 0 saturated carbocycles. The number of non-ortho nitro benzene ring substituents is 1. The lowest BCUT2D eigenvalue weighted by Gasteiger charge is -2.08. The van der Waals surface area contributed by atoms with E-state index in [4.69, 9.17) is 0 Å². The van der Waals surface area contributed by atoms with E-state index in [0.717, 1.165) is 28.0 Å². The van der Waals surface area contributed by atoms with Crippen molar-refractivity contribution >= 4 is 38.6 Å². The van der Waals surface area contributed by atoms with Crippen LogP contribution in [0.15, 0.2) is 34.1 Å². The number of aryl methyl sites for hydroxylation is 1. The Hall–Kier alpha value is -1.40. The van der Waals surface area contributed by atoms with Gasteiger partial charge in [0.1, 0.15) is 0 Å². The summed E-state index contributed by atoms with van der Waals surface area (Å²) in [4.78, 5) is 11.6. The molecule has 6 heteroatoms. The predicted molar refractivity (Wildman–Crippen MR) is 82.0 cm³/mol. The quantitative estimate of drug-likeness (QED) is 0.648. The van der Waals surface area contributed by atoms with Crippen molar-refractivity contribution in [2.45, 2.75) is 13.3 Å². The summed E-state index contributed by atoms with van der Waals surface area (Å²) < 4.78 is 1.13. The van der Waals surface area contributed by atoms with Crippen molar-refractivity contribution in [3.8, 4) is 0 Å². The van der Waals surface area contributed by atoms with E-state index in [0.29, 0.717) is 0 Å². The second-order valence-electron chi connectivity index (χ2n) is 4.14. The van der Waals surface area contributed by atoms with Gasteiger partial charge in [0.2, 0.25) is 0 Å². The zero-order chi connectivity index (χ0) is 13.8. The topological polar surface area (TPSA) is 55.2 Å². The molecule has 0 spiro atoms. The second-order valence-corrected chi connectivity index (χ2v) is 6.69. The first-order valence-corrected chi connectivity index (χ1v) is 7.40. The van der Waals surface area contributed by atoms with E-state index in [-0.39, 0.29) is 10.6 Å². The normalized spacial score (nSPS) is 10.4. The van der Waals surface area contributed by atoms with Crippen LogP contribution >= 0.6 is 27.3 Å². The summed E-state index contributed by atoms with van der Waals surface area (Å²) in [6.45, 7) is 2.68. The number of nitro groups is 1. The lowest BCUT2D eigenvalue weighted by Crippen LogP contribution is -2.05. The first-order valence-electron chi connectivity index (χ1n) is 5.79. The molecular formula is C13H13BrN2O2S. The van der Waals surface area contributed by atoms with Crippen LogP contribution in [0.1, 0.15) is 10.4 Å². The van der Waals surface area contributed by atoms with Crippen LogP contribution in [0.2, 0.25) is 0 Å².